The lowest BCUT2D eigenvalue weighted by Gasteiger charge is -2.25. The Hall–Kier alpha value is -1.03. The molecule has 2 unspecified atom stereocenters. The molecule has 1 rings (SSSR count). The third-order valence-corrected chi connectivity index (χ3v) is 3.81. The van der Waals surface area contributed by atoms with E-state index in [2.05, 4.69) is 49.7 Å². The molecule has 1 aromatic rings. The third-order valence-electron chi connectivity index (χ3n) is 3.81. The van der Waals surface area contributed by atoms with Crippen LogP contribution in [0.4, 0.5) is 0 Å². The second-order valence-electron chi connectivity index (χ2n) is 5.89. The summed E-state index contributed by atoms with van der Waals surface area (Å²) in [5.41, 5.74) is 1.19. The van der Waals surface area contributed by atoms with Crippen molar-refractivity contribution in [2.45, 2.75) is 66.0 Å². The highest BCUT2D eigenvalue weighted by Gasteiger charge is 2.24. The standard InChI is InChI=1S/C16H31N3O/c1-7-9-17-14(10-13(5)8-2)16-15(20-6)11-18-19(16)12(3)4/h11-14,17H,7-10H2,1-6H3. The first kappa shape index (κ1) is 17.0. The highest BCUT2D eigenvalue weighted by atomic mass is 16.5. The molecule has 0 aromatic carbocycles. The highest BCUT2D eigenvalue weighted by Crippen LogP contribution is 2.32. The van der Waals surface area contributed by atoms with Crippen LogP contribution in [-0.4, -0.2) is 23.4 Å². The van der Waals surface area contributed by atoms with Crippen molar-refractivity contribution >= 4 is 0 Å². The first-order valence-electron chi connectivity index (χ1n) is 7.89. The molecule has 0 fully saturated rings. The van der Waals surface area contributed by atoms with Gasteiger partial charge in [-0.25, -0.2) is 0 Å². The molecule has 0 radical (unpaired) electrons. The molecule has 0 saturated carbocycles. The maximum Gasteiger partial charge on any atom is 0.161 e. The normalized spacial score (nSPS) is 14.6. The molecule has 1 heterocycles. The minimum Gasteiger partial charge on any atom is -0.493 e. The van der Waals surface area contributed by atoms with Crippen LogP contribution in [0.2, 0.25) is 0 Å². The van der Waals surface area contributed by atoms with Gasteiger partial charge in [0.05, 0.1) is 25.0 Å². The predicted molar refractivity (Wildman–Crippen MR) is 84.3 cm³/mol. The summed E-state index contributed by atoms with van der Waals surface area (Å²) in [6.45, 7) is 12.1. The third kappa shape index (κ3) is 4.23. The van der Waals surface area contributed by atoms with Gasteiger partial charge in [0.1, 0.15) is 0 Å². The monoisotopic (exact) mass is 281 g/mol. The minimum absolute atomic E-state index is 0.310. The largest absolute Gasteiger partial charge is 0.493 e. The lowest BCUT2D eigenvalue weighted by molar-refractivity contribution is 0.348. The van der Waals surface area contributed by atoms with Gasteiger partial charge in [-0.05, 0) is 39.2 Å². The van der Waals surface area contributed by atoms with Crippen molar-refractivity contribution in [2.24, 2.45) is 5.92 Å². The number of nitrogens with zero attached hydrogens (tertiary/aromatic N) is 2. The summed E-state index contributed by atoms with van der Waals surface area (Å²) < 4.78 is 7.62. The average molecular weight is 281 g/mol. The fourth-order valence-electron chi connectivity index (χ4n) is 2.44. The van der Waals surface area contributed by atoms with Gasteiger partial charge in [-0.3, -0.25) is 4.68 Å². The molecule has 0 bridgehead atoms. The summed E-state index contributed by atoms with van der Waals surface area (Å²) in [6, 6.07) is 0.654. The number of methoxy groups -OCH3 is 1. The Morgan fingerprint density at radius 3 is 2.50 bits per heavy atom. The molecule has 1 N–H and O–H groups in total. The molecule has 116 valence electrons. The number of aromatic nitrogens is 2. The van der Waals surface area contributed by atoms with E-state index >= 15 is 0 Å². The summed E-state index contributed by atoms with van der Waals surface area (Å²) in [7, 11) is 1.73. The second kappa shape index (κ2) is 8.30. The van der Waals surface area contributed by atoms with Crippen LogP contribution >= 0.6 is 0 Å². The van der Waals surface area contributed by atoms with E-state index in [1.165, 1.54) is 12.1 Å². The fourth-order valence-corrected chi connectivity index (χ4v) is 2.44. The van der Waals surface area contributed by atoms with Crippen molar-refractivity contribution in [3.8, 4) is 5.75 Å². The average Bonchev–Trinajstić information content (AvgIpc) is 2.86. The molecular weight excluding hydrogens is 250 g/mol. The SMILES string of the molecule is CCCNC(CC(C)CC)c1c(OC)cnn1C(C)C. The van der Waals surface area contributed by atoms with Gasteiger partial charge >= 0.3 is 0 Å². The zero-order valence-corrected chi connectivity index (χ0v) is 13.9. The van der Waals surface area contributed by atoms with Crippen molar-refractivity contribution in [1.29, 1.82) is 0 Å². The van der Waals surface area contributed by atoms with E-state index in [1.807, 2.05) is 6.20 Å². The highest BCUT2D eigenvalue weighted by molar-refractivity contribution is 5.29. The summed E-state index contributed by atoms with van der Waals surface area (Å²) in [4.78, 5) is 0. The van der Waals surface area contributed by atoms with Gasteiger partial charge in [0, 0.05) is 6.04 Å². The smallest absolute Gasteiger partial charge is 0.161 e. The zero-order valence-electron chi connectivity index (χ0n) is 13.9. The Kier molecular flexibility index (Phi) is 7.06. The number of ether oxygens (including phenoxy) is 1. The van der Waals surface area contributed by atoms with E-state index in [0.29, 0.717) is 18.0 Å². The van der Waals surface area contributed by atoms with E-state index in [1.54, 1.807) is 7.11 Å². The molecule has 1 aromatic heterocycles. The maximum absolute atomic E-state index is 5.53. The topological polar surface area (TPSA) is 39.1 Å². The van der Waals surface area contributed by atoms with Gasteiger partial charge in [0.15, 0.2) is 5.75 Å². The molecule has 0 aliphatic rings. The fraction of sp³-hybridized carbons (Fsp3) is 0.812. The molecule has 0 aliphatic heterocycles. The Bertz CT molecular complexity index is 387. The summed E-state index contributed by atoms with van der Waals surface area (Å²) in [5.74, 6) is 1.58. The van der Waals surface area contributed by atoms with Crippen molar-refractivity contribution < 1.29 is 4.74 Å². The first-order valence-corrected chi connectivity index (χ1v) is 7.89. The molecule has 0 amide bonds. The van der Waals surface area contributed by atoms with Crippen LogP contribution in [-0.2, 0) is 0 Å². The Morgan fingerprint density at radius 2 is 2.00 bits per heavy atom. The van der Waals surface area contributed by atoms with Gasteiger partial charge in [0.25, 0.3) is 0 Å². The first-order chi connectivity index (χ1) is 9.54. The molecule has 20 heavy (non-hydrogen) atoms. The predicted octanol–water partition coefficient (Wildman–Crippen LogP) is 3.95. The molecule has 0 aliphatic carbocycles. The van der Waals surface area contributed by atoms with Gasteiger partial charge in [-0.15, -0.1) is 0 Å². The molecule has 0 saturated heterocycles. The van der Waals surface area contributed by atoms with E-state index in [9.17, 15) is 0 Å². The van der Waals surface area contributed by atoms with E-state index in [0.717, 1.165) is 25.1 Å². The van der Waals surface area contributed by atoms with Gasteiger partial charge in [-0.2, -0.15) is 5.10 Å². The van der Waals surface area contributed by atoms with Crippen LogP contribution in [0.3, 0.4) is 0 Å². The van der Waals surface area contributed by atoms with Crippen LogP contribution in [0.1, 0.15) is 71.7 Å². The molecule has 0 spiro atoms. The van der Waals surface area contributed by atoms with Crippen molar-refractivity contribution in [1.82, 2.24) is 15.1 Å². The molecule has 4 heteroatoms. The Morgan fingerprint density at radius 1 is 1.30 bits per heavy atom. The van der Waals surface area contributed by atoms with Crippen molar-refractivity contribution in [3.63, 3.8) is 0 Å². The Balaban J connectivity index is 3.06. The van der Waals surface area contributed by atoms with Crippen molar-refractivity contribution in [2.75, 3.05) is 13.7 Å². The lowest BCUT2D eigenvalue weighted by Crippen LogP contribution is -2.27. The van der Waals surface area contributed by atoms with Gasteiger partial charge < -0.3 is 10.1 Å². The van der Waals surface area contributed by atoms with E-state index in [4.69, 9.17) is 4.74 Å². The number of rotatable bonds is 9. The number of nitrogens with one attached hydrogen (secondary N) is 1. The van der Waals surface area contributed by atoms with E-state index in [-0.39, 0.29) is 0 Å². The number of hydrogen-bond donors (Lipinski definition) is 1. The van der Waals surface area contributed by atoms with Crippen LogP contribution < -0.4 is 10.1 Å². The second-order valence-corrected chi connectivity index (χ2v) is 5.89. The Labute approximate surface area is 123 Å². The maximum atomic E-state index is 5.53. The van der Waals surface area contributed by atoms with Crippen LogP contribution in [0, 0.1) is 5.92 Å². The lowest BCUT2D eigenvalue weighted by atomic mass is 9.96. The zero-order chi connectivity index (χ0) is 15.1. The van der Waals surface area contributed by atoms with Crippen LogP contribution in [0.5, 0.6) is 5.75 Å². The molecule has 2 atom stereocenters. The van der Waals surface area contributed by atoms with Gasteiger partial charge in [0.2, 0.25) is 0 Å². The summed E-state index contributed by atoms with van der Waals surface area (Å²) in [6.07, 6.45) is 5.29. The van der Waals surface area contributed by atoms with Crippen LogP contribution in [0.15, 0.2) is 6.20 Å². The molecular formula is C16H31N3O. The van der Waals surface area contributed by atoms with Crippen molar-refractivity contribution in [3.05, 3.63) is 11.9 Å². The quantitative estimate of drug-likeness (QED) is 0.745. The van der Waals surface area contributed by atoms with Crippen LogP contribution in [0.25, 0.3) is 0 Å². The minimum atomic E-state index is 0.310. The summed E-state index contributed by atoms with van der Waals surface area (Å²) in [5, 5.41) is 8.17. The molecule has 4 nitrogen and oxygen atoms in total. The summed E-state index contributed by atoms with van der Waals surface area (Å²) >= 11 is 0. The van der Waals surface area contributed by atoms with Gasteiger partial charge in [-0.1, -0.05) is 27.2 Å². The van der Waals surface area contributed by atoms with E-state index < -0.39 is 0 Å². The number of hydrogen-bond acceptors (Lipinski definition) is 3.